The fourth-order valence-corrected chi connectivity index (χ4v) is 1.97. The molecule has 2 aromatic rings. The molecule has 2 aromatic carbocycles. The molecular weight excluding hydrogens is 304 g/mol. The van der Waals surface area contributed by atoms with Crippen LogP contribution in [0.2, 0.25) is 0 Å². The van der Waals surface area contributed by atoms with E-state index in [1.165, 1.54) is 6.08 Å². The highest BCUT2D eigenvalue weighted by Crippen LogP contribution is 2.15. The van der Waals surface area contributed by atoms with Gasteiger partial charge in [-0.05, 0) is 42.8 Å². The van der Waals surface area contributed by atoms with Crippen molar-refractivity contribution in [1.29, 1.82) is 0 Å². The van der Waals surface area contributed by atoms with E-state index in [2.05, 4.69) is 10.6 Å². The van der Waals surface area contributed by atoms with Gasteiger partial charge in [-0.25, -0.2) is 0 Å². The Labute approximate surface area is 141 Å². The predicted molar refractivity (Wildman–Crippen MR) is 94.7 cm³/mol. The van der Waals surface area contributed by atoms with Gasteiger partial charge in [0, 0.05) is 11.8 Å². The van der Waals surface area contributed by atoms with Crippen LogP contribution < -0.4 is 15.4 Å². The Bertz CT molecular complexity index is 694. The highest BCUT2D eigenvalue weighted by Gasteiger charge is 2.04. The van der Waals surface area contributed by atoms with Gasteiger partial charge in [-0.15, -0.1) is 0 Å². The van der Waals surface area contributed by atoms with Crippen LogP contribution in [0.25, 0.3) is 6.08 Å². The fraction of sp³-hybridized carbons (Fsp3) is 0.158. The molecule has 0 saturated heterocycles. The minimum absolute atomic E-state index is 0.0921. The summed E-state index contributed by atoms with van der Waals surface area (Å²) < 4.78 is 5.33. The second-order valence-electron chi connectivity index (χ2n) is 4.97. The molecule has 0 heterocycles. The van der Waals surface area contributed by atoms with E-state index in [1.807, 2.05) is 37.3 Å². The lowest BCUT2D eigenvalue weighted by Crippen LogP contribution is -2.31. The first-order valence-electron chi connectivity index (χ1n) is 7.71. The number of carbonyl (C=O) groups is 2. The summed E-state index contributed by atoms with van der Waals surface area (Å²) in [6, 6.07) is 16.5. The van der Waals surface area contributed by atoms with E-state index < -0.39 is 0 Å². The highest BCUT2D eigenvalue weighted by atomic mass is 16.5. The zero-order valence-corrected chi connectivity index (χ0v) is 13.5. The lowest BCUT2D eigenvalue weighted by Gasteiger charge is -2.07. The van der Waals surface area contributed by atoms with Crippen molar-refractivity contribution >= 4 is 23.6 Å². The summed E-state index contributed by atoms with van der Waals surface area (Å²) in [5.74, 6) is 0.135. The third-order valence-corrected chi connectivity index (χ3v) is 3.10. The van der Waals surface area contributed by atoms with Crippen molar-refractivity contribution in [3.63, 3.8) is 0 Å². The number of hydrogen-bond donors (Lipinski definition) is 2. The van der Waals surface area contributed by atoms with Crippen molar-refractivity contribution in [2.24, 2.45) is 0 Å². The first-order chi connectivity index (χ1) is 11.7. The molecule has 5 nitrogen and oxygen atoms in total. The second kappa shape index (κ2) is 9.15. The van der Waals surface area contributed by atoms with Crippen molar-refractivity contribution in [1.82, 2.24) is 5.32 Å². The minimum Gasteiger partial charge on any atom is -0.494 e. The molecule has 0 fully saturated rings. The van der Waals surface area contributed by atoms with Crippen LogP contribution in [0.3, 0.4) is 0 Å². The number of hydrogen-bond acceptors (Lipinski definition) is 3. The average Bonchev–Trinajstić information content (AvgIpc) is 2.61. The SMILES string of the molecule is CCOc1ccc(NC(=O)CNC(=O)/C=C/c2ccccc2)cc1. The molecule has 0 aromatic heterocycles. The highest BCUT2D eigenvalue weighted by molar-refractivity contribution is 5.97. The standard InChI is InChI=1S/C19H20N2O3/c1-2-24-17-11-9-16(10-12-17)21-19(23)14-20-18(22)13-8-15-6-4-3-5-7-15/h3-13H,2,14H2,1H3,(H,20,22)(H,21,23)/b13-8+. The van der Waals surface area contributed by atoms with Crippen LogP contribution in [-0.4, -0.2) is 25.0 Å². The van der Waals surface area contributed by atoms with Gasteiger partial charge in [0.15, 0.2) is 0 Å². The molecule has 124 valence electrons. The van der Waals surface area contributed by atoms with Crippen LogP contribution in [0.15, 0.2) is 60.7 Å². The van der Waals surface area contributed by atoms with Crippen molar-refractivity contribution in [2.45, 2.75) is 6.92 Å². The molecule has 2 amide bonds. The molecular formula is C19H20N2O3. The Morgan fingerprint density at radius 1 is 1.04 bits per heavy atom. The van der Waals surface area contributed by atoms with E-state index in [9.17, 15) is 9.59 Å². The maximum absolute atomic E-state index is 11.8. The molecule has 0 aliphatic carbocycles. The first-order valence-corrected chi connectivity index (χ1v) is 7.71. The molecule has 0 radical (unpaired) electrons. The van der Waals surface area contributed by atoms with Crippen LogP contribution in [0.1, 0.15) is 12.5 Å². The Morgan fingerprint density at radius 3 is 2.42 bits per heavy atom. The van der Waals surface area contributed by atoms with Gasteiger partial charge in [0.2, 0.25) is 11.8 Å². The summed E-state index contributed by atoms with van der Waals surface area (Å²) in [5, 5.41) is 5.25. The summed E-state index contributed by atoms with van der Waals surface area (Å²) >= 11 is 0. The monoisotopic (exact) mass is 324 g/mol. The molecule has 0 unspecified atom stereocenters. The fourth-order valence-electron chi connectivity index (χ4n) is 1.97. The van der Waals surface area contributed by atoms with Gasteiger partial charge >= 0.3 is 0 Å². The van der Waals surface area contributed by atoms with Crippen molar-refractivity contribution in [3.8, 4) is 5.75 Å². The lowest BCUT2D eigenvalue weighted by atomic mass is 10.2. The van der Waals surface area contributed by atoms with Crippen LogP contribution in [0.5, 0.6) is 5.75 Å². The molecule has 2 N–H and O–H groups in total. The molecule has 0 bridgehead atoms. The van der Waals surface area contributed by atoms with Gasteiger partial charge in [-0.2, -0.15) is 0 Å². The number of ether oxygens (including phenoxy) is 1. The number of rotatable bonds is 7. The Kier molecular flexibility index (Phi) is 6.58. The Morgan fingerprint density at radius 2 is 1.75 bits per heavy atom. The number of anilines is 1. The van der Waals surface area contributed by atoms with Gasteiger partial charge in [0.25, 0.3) is 0 Å². The molecule has 5 heteroatoms. The average molecular weight is 324 g/mol. The minimum atomic E-state index is -0.319. The maximum Gasteiger partial charge on any atom is 0.244 e. The molecule has 0 atom stereocenters. The number of carbonyl (C=O) groups excluding carboxylic acids is 2. The lowest BCUT2D eigenvalue weighted by molar-refractivity contribution is -0.121. The van der Waals surface area contributed by atoms with Gasteiger partial charge in [-0.3, -0.25) is 9.59 Å². The summed E-state index contributed by atoms with van der Waals surface area (Å²) in [7, 11) is 0. The summed E-state index contributed by atoms with van der Waals surface area (Å²) in [6.45, 7) is 2.41. The topological polar surface area (TPSA) is 67.4 Å². The van der Waals surface area contributed by atoms with Crippen molar-refractivity contribution in [3.05, 3.63) is 66.2 Å². The molecule has 2 rings (SSSR count). The van der Waals surface area contributed by atoms with E-state index in [4.69, 9.17) is 4.74 Å². The summed E-state index contributed by atoms with van der Waals surface area (Å²) in [6.07, 6.45) is 3.10. The van der Waals surface area contributed by atoms with Gasteiger partial charge in [0.1, 0.15) is 5.75 Å². The van der Waals surface area contributed by atoms with Gasteiger partial charge in [0.05, 0.1) is 13.2 Å². The number of nitrogens with one attached hydrogen (secondary N) is 2. The van der Waals surface area contributed by atoms with E-state index in [0.29, 0.717) is 12.3 Å². The largest absolute Gasteiger partial charge is 0.494 e. The number of benzene rings is 2. The van der Waals surface area contributed by atoms with Crippen LogP contribution >= 0.6 is 0 Å². The van der Waals surface area contributed by atoms with Crippen molar-refractivity contribution in [2.75, 3.05) is 18.5 Å². The third kappa shape index (κ3) is 5.96. The maximum atomic E-state index is 11.8. The molecule has 0 aliphatic heterocycles. The second-order valence-corrected chi connectivity index (χ2v) is 4.97. The molecule has 0 saturated carbocycles. The smallest absolute Gasteiger partial charge is 0.244 e. The van der Waals surface area contributed by atoms with Crippen LogP contribution in [-0.2, 0) is 9.59 Å². The van der Waals surface area contributed by atoms with E-state index in [1.54, 1.807) is 30.3 Å². The zero-order valence-electron chi connectivity index (χ0n) is 13.5. The van der Waals surface area contributed by atoms with E-state index >= 15 is 0 Å². The first kappa shape index (κ1) is 17.3. The summed E-state index contributed by atoms with van der Waals surface area (Å²) in [4.78, 5) is 23.5. The van der Waals surface area contributed by atoms with E-state index in [-0.39, 0.29) is 18.4 Å². The summed E-state index contributed by atoms with van der Waals surface area (Å²) in [5.41, 5.74) is 1.57. The Balaban J connectivity index is 1.76. The quantitative estimate of drug-likeness (QED) is 0.770. The molecule has 0 spiro atoms. The zero-order chi connectivity index (χ0) is 17.2. The van der Waals surface area contributed by atoms with Crippen LogP contribution in [0.4, 0.5) is 5.69 Å². The molecule has 24 heavy (non-hydrogen) atoms. The van der Waals surface area contributed by atoms with E-state index in [0.717, 1.165) is 11.3 Å². The normalized spacial score (nSPS) is 10.4. The predicted octanol–water partition coefficient (Wildman–Crippen LogP) is 2.85. The van der Waals surface area contributed by atoms with Crippen molar-refractivity contribution < 1.29 is 14.3 Å². The number of amides is 2. The van der Waals surface area contributed by atoms with Gasteiger partial charge < -0.3 is 15.4 Å². The van der Waals surface area contributed by atoms with Gasteiger partial charge in [-0.1, -0.05) is 30.3 Å². The van der Waals surface area contributed by atoms with Crippen LogP contribution in [0, 0.1) is 0 Å². The third-order valence-electron chi connectivity index (χ3n) is 3.10. The molecule has 0 aliphatic rings. The Hall–Kier alpha value is -3.08.